The summed E-state index contributed by atoms with van der Waals surface area (Å²) in [6.07, 6.45) is 1.27. The van der Waals surface area contributed by atoms with Crippen LogP contribution in [0.3, 0.4) is 0 Å². The zero-order chi connectivity index (χ0) is 23.9. The van der Waals surface area contributed by atoms with Crippen LogP contribution in [0.25, 0.3) is 0 Å². The fourth-order valence-corrected chi connectivity index (χ4v) is 4.26. The number of rotatable bonds is 11. The first kappa shape index (κ1) is 25.2. The van der Waals surface area contributed by atoms with Crippen molar-refractivity contribution >= 4 is 27.4 Å². The topological polar surface area (TPSA) is 128 Å². The number of esters is 1. The van der Waals surface area contributed by atoms with Crippen LogP contribution in [-0.2, 0) is 19.6 Å². The third-order valence-corrected chi connectivity index (χ3v) is 6.27. The van der Waals surface area contributed by atoms with Gasteiger partial charge in [0.25, 0.3) is 5.69 Å². The number of nitro groups is 1. The number of non-ortho nitro benzene ring substituents is 1. The molecule has 0 heterocycles. The Morgan fingerprint density at radius 3 is 2.44 bits per heavy atom. The Labute approximate surface area is 186 Å². The number of carbonyl (C=O) groups is 1. The molecule has 32 heavy (non-hydrogen) atoms. The fraction of sp³-hybridized carbons (Fsp3) is 0.381. The van der Waals surface area contributed by atoms with Crippen molar-refractivity contribution in [2.45, 2.75) is 44.0 Å². The van der Waals surface area contributed by atoms with E-state index in [0.29, 0.717) is 36.1 Å². The van der Waals surface area contributed by atoms with E-state index in [-0.39, 0.29) is 22.9 Å². The Balaban J connectivity index is 1.92. The van der Waals surface area contributed by atoms with Crippen molar-refractivity contribution in [3.8, 4) is 0 Å². The summed E-state index contributed by atoms with van der Waals surface area (Å²) in [5, 5.41) is 13.9. The highest BCUT2D eigenvalue weighted by Crippen LogP contribution is 2.21. The molecule has 0 saturated heterocycles. The number of anilines is 1. The zero-order valence-electron chi connectivity index (χ0n) is 18.1. The number of unbranched alkanes of at least 4 members (excludes halogenated alkanes) is 1. The molecule has 0 aliphatic carbocycles. The van der Waals surface area contributed by atoms with Gasteiger partial charge in [0.05, 0.1) is 16.9 Å². The highest BCUT2D eigenvalue weighted by molar-refractivity contribution is 7.89. The molecule has 0 radical (unpaired) electrons. The van der Waals surface area contributed by atoms with Crippen molar-refractivity contribution in [2.75, 3.05) is 19.0 Å². The lowest BCUT2D eigenvalue weighted by atomic mass is 10.1. The minimum absolute atomic E-state index is 0.0910. The van der Waals surface area contributed by atoms with E-state index in [1.807, 2.05) is 0 Å². The second-order valence-corrected chi connectivity index (χ2v) is 9.06. The maximum Gasteiger partial charge on any atom is 0.328 e. The van der Waals surface area contributed by atoms with Crippen molar-refractivity contribution in [1.82, 2.24) is 4.72 Å². The van der Waals surface area contributed by atoms with Gasteiger partial charge in [0.2, 0.25) is 10.0 Å². The van der Waals surface area contributed by atoms with Crippen molar-refractivity contribution in [2.24, 2.45) is 0 Å². The van der Waals surface area contributed by atoms with E-state index in [0.717, 1.165) is 6.07 Å². The summed E-state index contributed by atoms with van der Waals surface area (Å²) in [4.78, 5) is 22.1. The van der Waals surface area contributed by atoms with Crippen LogP contribution in [0.15, 0.2) is 41.3 Å². The maximum atomic E-state index is 13.8. The van der Waals surface area contributed by atoms with E-state index in [2.05, 4.69) is 10.0 Å². The van der Waals surface area contributed by atoms with Gasteiger partial charge < -0.3 is 10.1 Å². The number of hydrogen-bond donors (Lipinski definition) is 2. The molecule has 9 nitrogen and oxygen atoms in total. The van der Waals surface area contributed by atoms with Crippen molar-refractivity contribution < 1.29 is 27.3 Å². The number of nitro benzene ring substituents is 1. The number of nitrogens with one attached hydrogen (secondary N) is 2. The quantitative estimate of drug-likeness (QED) is 0.224. The van der Waals surface area contributed by atoms with Gasteiger partial charge in [-0.2, -0.15) is 0 Å². The molecule has 0 saturated carbocycles. The monoisotopic (exact) mass is 467 g/mol. The average molecular weight is 468 g/mol. The predicted molar refractivity (Wildman–Crippen MR) is 117 cm³/mol. The molecule has 0 fully saturated rings. The van der Waals surface area contributed by atoms with E-state index in [1.165, 1.54) is 25.3 Å². The largest absolute Gasteiger partial charge is 0.467 e. The smallest absolute Gasteiger partial charge is 0.328 e. The molecule has 0 amide bonds. The van der Waals surface area contributed by atoms with E-state index in [1.54, 1.807) is 26.0 Å². The number of halogens is 1. The normalized spacial score (nSPS) is 12.2. The minimum atomic E-state index is -3.90. The fourth-order valence-electron chi connectivity index (χ4n) is 3.15. The van der Waals surface area contributed by atoms with Crippen molar-refractivity contribution in [3.63, 3.8) is 0 Å². The van der Waals surface area contributed by atoms with Gasteiger partial charge in [-0.3, -0.25) is 10.1 Å². The van der Waals surface area contributed by atoms with Gasteiger partial charge in [-0.25, -0.2) is 22.3 Å². The third kappa shape index (κ3) is 6.72. The SMILES string of the molecule is COC(=O)C(CCCCNS(=O)(=O)c1cccc([N+](=O)[O-])c1)Nc1cc(C)c(F)c(C)c1. The zero-order valence-corrected chi connectivity index (χ0v) is 18.9. The molecular weight excluding hydrogens is 441 g/mol. The first-order valence-electron chi connectivity index (χ1n) is 9.90. The Kier molecular flexibility index (Phi) is 8.67. The Morgan fingerprint density at radius 1 is 1.19 bits per heavy atom. The first-order chi connectivity index (χ1) is 15.0. The number of hydrogen-bond acceptors (Lipinski definition) is 7. The van der Waals surface area contributed by atoms with E-state index >= 15 is 0 Å². The number of sulfonamides is 1. The number of methoxy groups -OCH3 is 1. The third-order valence-electron chi connectivity index (χ3n) is 4.81. The lowest BCUT2D eigenvalue weighted by Gasteiger charge is -2.19. The van der Waals surface area contributed by atoms with E-state index in [4.69, 9.17) is 4.74 Å². The number of carbonyl (C=O) groups excluding carboxylic acids is 1. The molecule has 0 aromatic heterocycles. The molecule has 2 aromatic rings. The molecule has 0 bridgehead atoms. The van der Waals surface area contributed by atoms with Crippen LogP contribution in [0.1, 0.15) is 30.4 Å². The van der Waals surface area contributed by atoms with Crippen LogP contribution < -0.4 is 10.0 Å². The van der Waals surface area contributed by atoms with Crippen LogP contribution in [0, 0.1) is 29.8 Å². The molecule has 0 aliphatic heterocycles. The second-order valence-electron chi connectivity index (χ2n) is 7.29. The molecule has 1 unspecified atom stereocenters. The summed E-state index contributed by atoms with van der Waals surface area (Å²) in [5.41, 5.74) is 1.17. The molecule has 174 valence electrons. The van der Waals surface area contributed by atoms with Crippen LogP contribution in [0.4, 0.5) is 15.8 Å². The van der Waals surface area contributed by atoms with Crippen LogP contribution >= 0.6 is 0 Å². The Bertz CT molecular complexity index is 1070. The maximum absolute atomic E-state index is 13.8. The first-order valence-corrected chi connectivity index (χ1v) is 11.4. The van der Waals surface area contributed by atoms with E-state index < -0.39 is 27.0 Å². The summed E-state index contributed by atoms with van der Waals surface area (Å²) in [6.45, 7) is 3.36. The number of benzene rings is 2. The lowest BCUT2D eigenvalue weighted by molar-refractivity contribution is -0.385. The van der Waals surface area contributed by atoms with Gasteiger partial charge in [-0.1, -0.05) is 6.07 Å². The summed E-state index contributed by atoms with van der Waals surface area (Å²) in [7, 11) is -2.63. The predicted octanol–water partition coefficient (Wildman–Crippen LogP) is 3.45. The number of nitrogens with zero attached hydrogens (tertiary/aromatic N) is 1. The van der Waals surface area contributed by atoms with Gasteiger partial charge in [0, 0.05) is 24.4 Å². The molecular formula is C21H26FN3O6S. The van der Waals surface area contributed by atoms with Gasteiger partial charge >= 0.3 is 5.97 Å². The van der Waals surface area contributed by atoms with Gasteiger partial charge in [-0.05, 0) is 62.4 Å². The average Bonchev–Trinajstić information content (AvgIpc) is 2.75. The van der Waals surface area contributed by atoms with Crippen molar-refractivity contribution in [3.05, 3.63) is 63.5 Å². The van der Waals surface area contributed by atoms with Crippen molar-refractivity contribution in [1.29, 1.82) is 0 Å². The highest BCUT2D eigenvalue weighted by atomic mass is 32.2. The van der Waals surface area contributed by atoms with Gasteiger partial charge in [0.1, 0.15) is 11.9 Å². The summed E-state index contributed by atoms with van der Waals surface area (Å²) >= 11 is 0. The van der Waals surface area contributed by atoms with Crippen LogP contribution in [-0.4, -0.2) is 39.0 Å². The molecule has 0 aliphatic rings. The second kappa shape index (κ2) is 11.0. The summed E-state index contributed by atoms with van der Waals surface area (Å²) in [6, 6.07) is 7.31. The van der Waals surface area contributed by atoms with Crippen LogP contribution in [0.5, 0.6) is 0 Å². The molecule has 0 spiro atoms. The van der Waals surface area contributed by atoms with Gasteiger partial charge in [-0.15, -0.1) is 0 Å². The molecule has 2 N–H and O–H groups in total. The minimum Gasteiger partial charge on any atom is -0.467 e. The van der Waals surface area contributed by atoms with E-state index in [9.17, 15) is 27.7 Å². The number of ether oxygens (including phenoxy) is 1. The standard InChI is InChI=1S/C21H26FN3O6S/c1-14-11-16(12-15(2)20(14)22)24-19(21(26)31-3)9-4-5-10-23-32(29,30)18-8-6-7-17(13-18)25(27)28/h6-8,11-13,19,23-24H,4-5,9-10H2,1-3H3. The number of aryl methyl sites for hydroxylation is 2. The lowest BCUT2D eigenvalue weighted by Crippen LogP contribution is -2.31. The Morgan fingerprint density at radius 2 is 1.84 bits per heavy atom. The molecule has 2 rings (SSSR count). The Hall–Kier alpha value is -3.05. The molecule has 2 aromatic carbocycles. The van der Waals surface area contributed by atoms with Gasteiger partial charge in [0.15, 0.2) is 0 Å². The van der Waals surface area contributed by atoms with Crippen LogP contribution in [0.2, 0.25) is 0 Å². The molecule has 1 atom stereocenters. The summed E-state index contributed by atoms with van der Waals surface area (Å²) in [5.74, 6) is -0.789. The highest BCUT2D eigenvalue weighted by Gasteiger charge is 2.20. The summed E-state index contributed by atoms with van der Waals surface area (Å²) < 4.78 is 45.7. The molecule has 11 heteroatoms.